The fourth-order valence-electron chi connectivity index (χ4n) is 5.45. The molecule has 14 nitrogen and oxygen atoms in total. The van der Waals surface area contributed by atoms with E-state index in [9.17, 15) is 28.4 Å². The molecule has 1 saturated heterocycles. The van der Waals surface area contributed by atoms with E-state index in [1.54, 1.807) is 79.9 Å². The highest BCUT2D eigenvalue weighted by atomic mass is 35.5. The number of amides is 3. The number of anilines is 2. The largest absolute Gasteiger partial charge is 0.497 e. The zero-order chi connectivity index (χ0) is 46.9. The molecule has 0 saturated carbocycles. The summed E-state index contributed by atoms with van der Waals surface area (Å²) in [5.74, 6) is -2.70. The van der Waals surface area contributed by atoms with Gasteiger partial charge in [-0.3, -0.25) is 9.59 Å². The number of imide groups is 1. The van der Waals surface area contributed by atoms with E-state index >= 15 is 4.39 Å². The number of allylic oxidation sites excluding steroid dienone is 4. The molecule has 2 aliphatic rings. The predicted molar refractivity (Wildman–Crippen MR) is 238 cm³/mol. The van der Waals surface area contributed by atoms with Gasteiger partial charge >= 0.3 is 18.0 Å². The van der Waals surface area contributed by atoms with Crippen LogP contribution in [-0.4, -0.2) is 81.0 Å². The number of methoxy groups -OCH3 is 3. The average molecular weight is 955 g/mol. The number of aliphatic imine (C=N–C) groups is 1. The lowest BCUT2D eigenvalue weighted by molar-refractivity contribution is -0.127. The quantitative estimate of drug-likeness (QED) is 0.0680. The minimum Gasteiger partial charge on any atom is -0.497 e. The molecule has 0 bridgehead atoms. The smallest absolute Gasteiger partial charge is 0.357 e. The monoisotopic (exact) mass is 952 g/mol. The van der Waals surface area contributed by atoms with Crippen molar-refractivity contribution in [2.45, 2.75) is 19.4 Å². The van der Waals surface area contributed by atoms with Gasteiger partial charge in [-0.25, -0.2) is 42.5 Å². The first kappa shape index (κ1) is 48.3. The van der Waals surface area contributed by atoms with Crippen molar-refractivity contribution >= 4 is 99.2 Å². The van der Waals surface area contributed by atoms with Crippen LogP contribution in [0.25, 0.3) is 22.5 Å². The number of carbonyl (C=O) groups excluding carboxylic acids is 5. The molecule has 3 aromatic carbocycles. The zero-order valence-corrected chi connectivity index (χ0v) is 37.2. The Morgan fingerprint density at radius 1 is 0.703 bits per heavy atom. The fraction of sp³-hybridized carbons (Fsp3) is 0.136. The Balaban J connectivity index is 0.000000196. The molecule has 3 heterocycles. The standard InChI is InChI=1S/C20H16ClFN2O3.C19H12ClFN2O3.C5H6Cl2N2O2/c1-26-15-9-7-14(8-10-15)23-16-11-17(20(25)27-2)24-19(18(16)22)12-3-5-13(21)6-4-12;1-26-19(25)16-10-15(22-13-6-8-14(24)9-7-13)17(21)18(23-16)11-2-4-12(20)5-3-11;1-5(2)3(10)8(6)4(11)9(5)7/h3-11H,1-2H3,(H,23,24);2-10H,1H3;1-2H3. The van der Waals surface area contributed by atoms with E-state index in [2.05, 4.69) is 25.0 Å². The predicted octanol–water partition coefficient (Wildman–Crippen LogP) is 10.5. The number of nitrogens with one attached hydrogen (secondary N) is 1. The molecule has 0 unspecified atom stereocenters. The second kappa shape index (κ2) is 21.1. The number of pyridine rings is 2. The summed E-state index contributed by atoms with van der Waals surface area (Å²) >= 11 is 22.5. The van der Waals surface area contributed by atoms with Crippen molar-refractivity contribution in [1.29, 1.82) is 0 Å². The van der Waals surface area contributed by atoms with Crippen LogP contribution in [0.1, 0.15) is 34.8 Å². The van der Waals surface area contributed by atoms with Crippen LogP contribution in [0, 0.1) is 11.6 Å². The van der Waals surface area contributed by atoms with E-state index in [0.717, 1.165) is 4.42 Å². The van der Waals surface area contributed by atoms with Crippen molar-refractivity contribution in [2.75, 3.05) is 26.6 Å². The van der Waals surface area contributed by atoms with Gasteiger partial charge < -0.3 is 19.5 Å². The molecule has 1 aliphatic carbocycles. The van der Waals surface area contributed by atoms with Crippen LogP contribution in [-0.2, 0) is 19.1 Å². The molecule has 1 fully saturated rings. The summed E-state index contributed by atoms with van der Waals surface area (Å²) in [6.07, 6.45) is 5.56. The Labute approximate surface area is 384 Å². The van der Waals surface area contributed by atoms with Crippen LogP contribution < -0.4 is 10.1 Å². The van der Waals surface area contributed by atoms with E-state index in [0.29, 0.717) is 42.7 Å². The number of hydrogen-bond donors (Lipinski definition) is 1. The molecule has 0 radical (unpaired) electrons. The molecule has 2 aromatic heterocycles. The van der Waals surface area contributed by atoms with Crippen molar-refractivity contribution in [3.8, 4) is 28.3 Å². The lowest BCUT2D eigenvalue weighted by Gasteiger charge is -2.18. The molecular formula is C44H34Cl4F2N6O8. The van der Waals surface area contributed by atoms with Crippen molar-refractivity contribution in [2.24, 2.45) is 4.99 Å². The first-order valence-electron chi connectivity index (χ1n) is 18.4. The van der Waals surface area contributed by atoms with Crippen molar-refractivity contribution in [3.63, 3.8) is 0 Å². The number of rotatable bonds is 8. The number of ketones is 1. The normalized spacial score (nSPS) is 13.7. The summed E-state index contributed by atoms with van der Waals surface area (Å²) in [6, 6.07) is 21.6. The number of benzene rings is 3. The Morgan fingerprint density at radius 3 is 1.61 bits per heavy atom. The lowest BCUT2D eigenvalue weighted by atomic mass is 10.1. The lowest BCUT2D eigenvalue weighted by Crippen LogP contribution is -2.38. The van der Waals surface area contributed by atoms with E-state index in [1.165, 1.54) is 64.5 Å². The zero-order valence-electron chi connectivity index (χ0n) is 34.2. The number of esters is 2. The Morgan fingerprint density at radius 2 is 1.19 bits per heavy atom. The molecule has 20 heteroatoms. The van der Waals surface area contributed by atoms with E-state index < -0.39 is 41.1 Å². The summed E-state index contributed by atoms with van der Waals surface area (Å²) in [5.41, 5.74) is 0.743. The van der Waals surface area contributed by atoms with E-state index in [4.69, 9.17) is 56.2 Å². The van der Waals surface area contributed by atoms with Crippen LogP contribution in [0.15, 0.2) is 114 Å². The molecule has 5 aromatic rings. The van der Waals surface area contributed by atoms with Gasteiger partial charge in [-0.05, 0) is 92.7 Å². The number of nitrogens with zero attached hydrogens (tertiary/aromatic N) is 5. The Kier molecular flexibility index (Phi) is 15.9. The summed E-state index contributed by atoms with van der Waals surface area (Å²) in [7, 11) is 4.01. The van der Waals surface area contributed by atoms with Gasteiger partial charge in [0.1, 0.15) is 28.4 Å². The Hall–Kier alpha value is -6.72. The van der Waals surface area contributed by atoms with Crippen LogP contribution in [0.3, 0.4) is 0 Å². The highest BCUT2D eigenvalue weighted by Crippen LogP contribution is 2.33. The number of halogens is 6. The molecule has 0 atom stereocenters. The van der Waals surface area contributed by atoms with Crippen molar-refractivity contribution in [1.82, 2.24) is 18.8 Å². The van der Waals surface area contributed by atoms with Gasteiger partial charge in [0, 0.05) is 56.5 Å². The highest BCUT2D eigenvalue weighted by molar-refractivity contribution is 6.39. The average Bonchev–Trinajstić information content (AvgIpc) is 3.43. The maximum absolute atomic E-state index is 15.1. The fourth-order valence-corrected chi connectivity index (χ4v) is 6.17. The molecule has 0 spiro atoms. The summed E-state index contributed by atoms with van der Waals surface area (Å²) in [4.78, 5) is 69.4. The molecule has 1 aliphatic heterocycles. The van der Waals surface area contributed by atoms with Crippen LogP contribution >= 0.6 is 46.8 Å². The third-order valence-electron chi connectivity index (χ3n) is 8.90. The van der Waals surface area contributed by atoms with Crippen molar-refractivity contribution < 1.29 is 47.0 Å². The second-order valence-electron chi connectivity index (χ2n) is 13.6. The molecule has 330 valence electrons. The van der Waals surface area contributed by atoms with Gasteiger partial charge in [-0.15, -0.1) is 0 Å². The topological polar surface area (TPSA) is 170 Å². The van der Waals surface area contributed by atoms with Crippen LogP contribution in [0.4, 0.5) is 30.6 Å². The van der Waals surface area contributed by atoms with Gasteiger partial charge in [0.15, 0.2) is 28.8 Å². The molecule has 1 N–H and O–H groups in total. The van der Waals surface area contributed by atoms with Gasteiger partial charge in [0.05, 0.1) is 32.7 Å². The molecule has 3 amide bonds. The number of carbonyl (C=O) groups is 5. The Bertz CT molecular complexity index is 2680. The third-order valence-corrected chi connectivity index (χ3v) is 10.3. The SMILES string of the molecule is CC1(C)C(=O)N(Cl)C(=O)N1Cl.COC(=O)c1cc(N=C2C=CC(=O)C=C2)c(F)c(-c2ccc(Cl)cc2)n1.COC(=O)c1cc(Nc2ccc(OC)cc2)c(F)c(-c2ccc(Cl)cc2)n1. The van der Waals surface area contributed by atoms with Gasteiger partial charge in [-0.2, -0.15) is 4.42 Å². The minimum atomic E-state index is -1.04. The van der Waals surface area contributed by atoms with E-state index in [-0.39, 0.29) is 39.9 Å². The first-order valence-corrected chi connectivity index (χ1v) is 19.8. The number of ether oxygens (including phenoxy) is 3. The maximum Gasteiger partial charge on any atom is 0.357 e. The molecule has 64 heavy (non-hydrogen) atoms. The van der Waals surface area contributed by atoms with E-state index in [1.807, 2.05) is 0 Å². The maximum atomic E-state index is 15.1. The van der Waals surface area contributed by atoms with Crippen LogP contribution in [0.2, 0.25) is 10.0 Å². The summed E-state index contributed by atoms with van der Waals surface area (Å²) < 4.78 is 45.9. The minimum absolute atomic E-state index is 0.0140. The molecular weight excluding hydrogens is 920 g/mol. The number of hydrogen-bond acceptors (Lipinski definition) is 12. The first-order chi connectivity index (χ1) is 30.4. The van der Waals surface area contributed by atoms with Crippen LogP contribution in [0.5, 0.6) is 5.75 Å². The highest BCUT2D eigenvalue weighted by Gasteiger charge is 2.51. The van der Waals surface area contributed by atoms with Gasteiger partial charge in [-0.1, -0.05) is 47.5 Å². The number of aromatic nitrogens is 2. The van der Waals surface area contributed by atoms with Gasteiger partial charge in [0.25, 0.3) is 5.91 Å². The third kappa shape index (κ3) is 11.4. The number of urea groups is 1. The summed E-state index contributed by atoms with van der Waals surface area (Å²) in [6.45, 7) is 3.03. The van der Waals surface area contributed by atoms with Crippen molar-refractivity contribution in [3.05, 3.63) is 142 Å². The second-order valence-corrected chi connectivity index (χ2v) is 15.1. The molecule has 7 rings (SSSR count). The van der Waals surface area contributed by atoms with Gasteiger partial charge in [0.2, 0.25) is 0 Å². The summed E-state index contributed by atoms with van der Waals surface area (Å²) in [5, 5.41) is 3.96.